The Hall–Kier alpha value is -2.78. The van der Waals surface area contributed by atoms with Crippen LogP contribution in [0.4, 0.5) is 11.4 Å². The first-order valence-corrected chi connectivity index (χ1v) is 9.22. The van der Waals surface area contributed by atoms with Gasteiger partial charge in [0.15, 0.2) is 5.58 Å². The molecule has 0 fully saturated rings. The van der Waals surface area contributed by atoms with E-state index in [2.05, 4.69) is 10.3 Å². The van der Waals surface area contributed by atoms with Crippen LogP contribution in [0.5, 0.6) is 5.75 Å². The van der Waals surface area contributed by atoms with Crippen LogP contribution in [0.25, 0.3) is 11.1 Å². The predicted octanol–water partition coefficient (Wildman–Crippen LogP) is 4.52. The van der Waals surface area contributed by atoms with Crippen LogP contribution < -0.4 is 10.1 Å². The van der Waals surface area contributed by atoms with E-state index in [-0.39, 0.29) is 17.1 Å². The summed E-state index contributed by atoms with van der Waals surface area (Å²) >= 11 is 6.98. The van der Waals surface area contributed by atoms with E-state index in [1.165, 1.54) is 12.1 Å². The highest BCUT2D eigenvalue weighted by atomic mass is 35.5. The number of hydrogen-bond donors (Lipinski definition) is 1. The number of oxazole rings is 1. The van der Waals surface area contributed by atoms with Crippen LogP contribution in [0.2, 0.25) is 5.02 Å². The van der Waals surface area contributed by atoms with E-state index < -0.39 is 10.8 Å². The molecule has 0 radical (unpaired) electrons. The number of amides is 1. The number of anilines is 1. The molecule has 10 heteroatoms. The molecule has 1 aromatic heterocycles. The summed E-state index contributed by atoms with van der Waals surface area (Å²) in [5.74, 6) is -0.0838. The molecule has 1 N–H and O–H groups in total. The van der Waals surface area contributed by atoms with Crippen molar-refractivity contribution < 1.29 is 18.9 Å². The average molecular weight is 408 g/mol. The van der Waals surface area contributed by atoms with Crippen molar-refractivity contribution in [1.29, 1.82) is 0 Å². The first-order valence-electron chi connectivity index (χ1n) is 7.86. The molecule has 0 bridgehead atoms. The lowest BCUT2D eigenvalue weighted by Gasteiger charge is -2.07. The van der Waals surface area contributed by atoms with E-state index in [1.54, 1.807) is 31.2 Å². The van der Waals surface area contributed by atoms with Gasteiger partial charge in [-0.2, -0.15) is 0 Å². The van der Waals surface area contributed by atoms with Crippen LogP contribution in [0, 0.1) is 10.1 Å². The number of rotatable bonds is 7. The van der Waals surface area contributed by atoms with Crippen molar-refractivity contribution in [3.05, 3.63) is 51.5 Å². The Kier molecular flexibility index (Phi) is 5.82. The quantitative estimate of drug-likeness (QED) is 0.348. The van der Waals surface area contributed by atoms with Crippen LogP contribution in [-0.4, -0.2) is 28.2 Å². The number of carbonyl (C=O) groups excluding carboxylic acids is 1. The number of nitro benzene ring substituents is 1. The summed E-state index contributed by atoms with van der Waals surface area (Å²) in [7, 11) is 0. The molecule has 0 spiro atoms. The summed E-state index contributed by atoms with van der Waals surface area (Å²) in [6, 6.07) is 9.31. The summed E-state index contributed by atoms with van der Waals surface area (Å²) in [5.41, 5.74) is 1.01. The maximum atomic E-state index is 12.2. The fourth-order valence-corrected chi connectivity index (χ4v) is 3.08. The topological polar surface area (TPSA) is 108 Å². The van der Waals surface area contributed by atoms with Crippen LogP contribution in [0.1, 0.15) is 6.92 Å². The summed E-state index contributed by atoms with van der Waals surface area (Å²) in [5, 5.41) is 14.6. The van der Waals surface area contributed by atoms with Crippen LogP contribution in [0.3, 0.4) is 0 Å². The van der Waals surface area contributed by atoms with Crippen molar-refractivity contribution in [2.45, 2.75) is 12.1 Å². The number of carbonyl (C=O) groups is 1. The molecule has 3 aromatic rings. The van der Waals surface area contributed by atoms with Gasteiger partial charge in [0.25, 0.3) is 10.9 Å². The van der Waals surface area contributed by atoms with Crippen molar-refractivity contribution in [3.8, 4) is 5.75 Å². The van der Waals surface area contributed by atoms with Gasteiger partial charge < -0.3 is 14.5 Å². The molecule has 0 saturated heterocycles. The SMILES string of the molecule is CCOc1ccc(NC(=O)CSc2nc3cc(Cl)ccc3o2)c([N+](=O)[O-])c1. The highest BCUT2D eigenvalue weighted by Crippen LogP contribution is 2.30. The van der Waals surface area contributed by atoms with Gasteiger partial charge in [-0.05, 0) is 37.3 Å². The van der Waals surface area contributed by atoms with Gasteiger partial charge in [-0.25, -0.2) is 4.98 Å². The zero-order valence-electron chi connectivity index (χ0n) is 14.1. The van der Waals surface area contributed by atoms with Gasteiger partial charge in [-0.3, -0.25) is 14.9 Å². The third-order valence-corrected chi connectivity index (χ3v) is 4.47. The van der Waals surface area contributed by atoms with Crippen LogP contribution >= 0.6 is 23.4 Å². The molecular formula is C17H14ClN3O5S. The molecule has 8 nitrogen and oxygen atoms in total. The third-order valence-electron chi connectivity index (χ3n) is 3.41. The highest BCUT2D eigenvalue weighted by Gasteiger charge is 2.18. The number of ether oxygens (including phenoxy) is 1. The lowest BCUT2D eigenvalue weighted by molar-refractivity contribution is -0.384. The van der Waals surface area contributed by atoms with Gasteiger partial charge in [0.05, 0.1) is 23.3 Å². The van der Waals surface area contributed by atoms with Gasteiger partial charge in [0.1, 0.15) is 17.0 Å². The number of benzene rings is 2. The van der Waals surface area contributed by atoms with E-state index in [0.717, 1.165) is 11.8 Å². The summed E-state index contributed by atoms with van der Waals surface area (Å²) in [6.07, 6.45) is 0. The smallest absolute Gasteiger partial charge is 0.296 e. The zero-order chi connectivity index (χ0) is 19.4. The number of aromatic nitrogens is 1. The molecule has 140 valence electrons. The second-order valence-corrected chi connectivity index (χ2v) is 6.66. The molecule has 0 aliphatic heterocycles. The van der Waals surface area contributed by atoms with Crippen LogP contribution in [-0.2, 0) is 4.79 Å². The zero-order valence-corrected chi connectivity index (χ0v) is 15.7. The molecule has 0 saturated carbocycles. The molecule has 0 unspecified atom stereocenters. The first-order chi connectivity index (χ1) is 13.0. The van der Waals surface area contributed by atoms with Crippen molar-refractivity contribution >= 4 is 51.7 Å². The lowest BCUT2D eigenvalue weighted by atomic mass is 10.2. The standard InChI is InChI=1S/C17H14ClN3O5S/c1-2-25-11-4-5-12(14(8-11)21(23)24)19-16(22)9-27-17-20-13-7-10(18)3-6-15(13)26-17/h3-8H,2,9H2,1H3,(H,19,22). The Balaban J connectivity index is 1.67. The number of nitro groups is 1. The number of fused-ring (bicyclic) bond motifs is 1. The molecule has 1 amide bonds. The van der Waals surface area contributed by atoms with E-state index in [4.69, 9.17) is 20.8 Å². The van der Waals surface area contributed by atoms with Crippen LogP contribution in [0.15, 0.2) is 46.0 Å². The third kappa shape index (κ3) is 4.69. The fourth-order valence-electron chi connectivity index (χ4n) is 2.28. The Morgan fingerprint density at radius 2 is 2.19 bits per heavy atom. The van der Waals surface area contributed by atoms with Gasteiger partial charge in [0, 0.05) is 5.02 Å². The fraction of sp³-hybridized carbons (Fsp3) is 0.176. The minimum atomic E-state index is -0.574. The number of thioether (sulfide) groups is 1. The summed E-state index contributed by atoms with van der Waals surface area (Å²) in [6.45, 7) is 2.16. The first kappa shape index (κ1) is 19.0. The molecule has 0 atom stereocenters. The summed E-state index contributed by atoms with van der Waals surface area (Å²) < 4.78 is 10.8. The largest absolute Gasteiger partial charge is 0.494 e. The molecular weight excluding hydrogens is 394 g/mol. The average Bonchev–Trinajstić information content (AvgIpc) is 3.03. The van der Waals surface area contributed by atoms with E-state index >= 15 is 0 Å². The number of hydrogen-bond acceptors (Lipinski definition) is 7. The second kappa shape index (κ2) is 8.28. The number of nitrogens with zero attached hydrogens (tertiary/aromatic N) is 2. The summed E-state index contributed by atoms with van der Waals surface area (Å²) in [4.78, 5) is 27.1. The molecule has 2 aromatic carbocycles. The van der Waals surface area contributed by atoms with Crippen molar-refractivity contribution in [2.24, 2.45) is 0 Å². The number of nitrogens with one attached hydrogen (secondary N) is 1. The predicted molar refractivity (Wildman–Crippen MR) is 103 cm³/mol. The van der Waals surface area contributed by atoms with Gasteiger partial charge in [0.2, 0.25) is 5.91 Å². The monoisotopic (exact) mass is 407 g/mol. The Morgan fingerprint density at radius 1 is 1.37 bits per heavy atom. The normalized spacial score (nSPS) is 10.7. The second-order valence-electron chi connectivity index (χ2n) is 5.30. The Morgan fingerprint density at radius 3 is 2.93 bits per heavy atom. The van der Waals surface area contributed by atoms with E-state index in [1.807, 2.05) is 0 Å². The molecule has 1 heterocycles. The molecule has 27 heavy (non-hydrogen) atoms. The van der Waals surface area contributed by atoms with Gasteiger partial charge in [-0.15, -0.1) is 0 Å². The molecule has 0 aliphatic rings. The lowest BCUT2D eigenvalue weighted by Crippen LogP contribution is -2.15. The highest BCUT2D eigenvalue weighted by molar-refractivity contribution is 7.99. The van der Waals surface area contributed by atoms with Crippen molar-refractivity contribution in [1.82, 2.24) is 4.98 Å². The maximum absolute atomic E-state index is 12.2. The minimum absolute atomic E-state index is 0.0229. The maximum Gasteiger partial charge on any atom is 0.296 e. The van der Waals surface area contributed by atoms with Crippen molar-refractivity contribution in [2.75, 3.05) is 17.7 Å². The Labute approximate surface area is 163 Å². The van der Waals surface area contributed by atoms with Crippen molar-refractivity contribution in [3.63, 3.8) is 0 Å². The Bertz CT molecular complexity index is 1010. The molecule has 3 rings (SSSR count). The molecule has 0 aliphatic carbocycles. The minimum Gasteiger partial charge on any atom is -0.494 e. The number of halogens is 1. The van der Waals surface area contributed by atoms with Gasteiger partial charge >= 0.3 is 0 Å². The van der Waals surface area contributed by atoms with E-state index in [9.17, 15) is 14.9 Å². The van der Waals surface area contributed by atoms with Gasteiger partial charge in [-0.1, -0.05) is 23.4 Å². The van der Waals surface area contributed by atoms with E-state index in [0.29, 0.717) is 33.7 Å².